The van der Waals surface area contributed by atoms with E-state index in [1.54, 1.807) is 12.1 Å². The minimum Gasteiger partial charge on any atom is -0.379 e. The fraction of sp³-hybridized carbons (Fsp3) is 0.571. The number of aryl methyl sites for hydroxylation is 1. The van der Waals surface area contributed by atoms with Gasteiger partial charge in [-0.05, 0) is 31.5 Å². The molecule has 20 heavy (non-hydrogen) atoms. The highest BCUT2D eigenvalue weighted by Gasteiger charge is 2.13. The molecule has 1 aromatic rings. The number of benzene rings is 1. The molecule has 2 rings (SSSR count). The van der Waals surface area contributed by atoms with Crippen LogP contribution < -0.4 is 10.6 Å². The lowest BCUT2D eigenvalue weighted by Crippen LogP contribution is -2.44. The quantitative estimate of drug-likeness (QED) is 0.470. The van der Waals surface area contributed by atoms with Gasteiger partial charge in [0.15, 0.2) is 0 Å². The zero-order valence-corrected chi connectivity index (χ0v) is 11.9. The summed E-state index contributed by atoms with van der Waals surface area (Å²) in [7, 11) is 0. The van der Waals surface area contributed by atoms with Gasteiger partial charge in [-0.15, -0.1) is 0 Å². The molecule has 1 aromatic carbocycles. The van der Waals surface area contributed by atoms with Gasteiger partial charge < -0.3 is 15.5 Å². The van der Waals surface area contributed by atoms with Gasteiger partial charge in [0, 0.05) is 38.8 Å². The Kier molecular flexibility index (Phi) is 5.31. The van der Waals surface area contributed by atoms with Gasteiger partial charge in [-0.1, -0.05) is 6.07 Å². The summed E-state index contributed by atoms with van der Waals surface area (Å²) < 4.78 is 0. The first-order chi connectivity index (χ1) is 9.66. The molecule has 0 saturated carbocycles. The lowest BCUT2D eigenvalue weighted by atomic mass is 10.2. The molecule has 0 radical (unpaired) electrons. The van der Waals surface area contributed by atoms with Crippen molar-refractivity contribution in [3.8, 4) is 0 Å². The number of nitro benzene ring substituents is 1. The second kappa shape index (κ2) is 7.21. The van der Waals surface area contributed by atoms with E-state index < -0.39 is 0 Å². The maximum atomic E-state index is 11.0. The van der Waals surface area contributed by atoms with E-state index in [4.69, 9.17) is 0 Å². The molecular formula is C14H22N4O2. The Labute approximate surface area is 119 Å². The van der Waals surface area contributed by atoms with Crippen LogP contribution in [0.2, 0.25) is 0 Å². The van der Waals surface area contributed by atoms with Crippen LogP contribution >= 0.6 is 0 Å². The van der Waals surface area contributed by atoms with Crippen molar-refractivity contribution in [2.75, 3.05) is 44.6 Å². The van der Waals surface area contributed by atoms with Crippen molar-refractivity contribution in [3.63, 3.8) is 0 Å². The second-order valence-corrected chi connectivity index (χ2v) is 5.15. The number of nitrogens with one attached hydrogen (secondary N) is 2. The topological polar surface area (TPSA) is 70.4 Å². The van der Waals surface area contributed by atoms with E-state index in [1.165, 1.54) is 0 Å². The number of rotatable bonds is 6. The van der Waals surface area contributed by atoms with Crippen molar-refractivity contribution in [2.45, 2.75) is 13.3 Å². The Balaban J connectivity index is 1.81. The lowest BCUT2D eigenvalue weighted by Gasteiger charge is -2.27. The zero-order valence-electron chi connectivity index (χ0n) is 11.9. The number of nitrogens with zero attached hydrogens (tertiary/aromatic N) is 2. The number of piperazine rings is 1. The van der Waals surface area contributed by atoms with Crippen molar-refractivity contribution in [1.29, 1.82) is 0 Å². The highest BCUT2D eigenvalue weighted by atomic mass is 16.6. The lowest BCUT2D eigenvalue weighted by molar-refractivity contribution is -0.384. The summed E-state index contributed by atoms with van der Waals surface area (Å²) >= 11 is 0. The smallest absolute Gasteiger partial charge is 0.292 e. The van der Waals surface area contributed by atoms with E-state index in [1.807, 2.05) is 13.0 Å². The average Bonchev–Trinajstić information content (AvgIpc) is 2.44. The Hall–Kier alpha value is -1.66. The fourth-order valence-corrected chi connectivity index (χ4v) is 2.41. The van der Waals surface area contributed by atoms with Crippen molar-refractivity contribution < 1.29 is 4.92 Å². The highest BCUT2D eigenvalue weighted by Crippen LogP contribution is 2.25. The van der Waals surface area contributed by atoms with Gasteiger partial charge in [-0.2, -0.15) is 0 Å². The molecule has 0 bridgehead atoms. The molecule has 1 aliphatic heterocycles. The normalized spacial score (nSPS) is 16.1. The Morgan fingerprint density at radius 1 is 1.40 bits per heavy atom. The summed E-state index contributed by atoms with van der Waals surface area (Å²) in [6, 6.07) is 5.17. The molecule has 6 heteroatoms. The third kappa shape index (κ3) is 4.18. The molecule has 0 spiro atoms. The second-order valence-electron chi connectivity index (χ2n) is 5.15. The minimum atomic E-state index is -0.335. The van der Waals surface area contributed by atoms with Crippen LogP contribution in [-0.2, 0) is 0 Å². The Morgan fingerprint density at radius 2 is 2.15 bits per heavy atom. The van der Waals surface area contributed by atoms with E-state index in [9.17, 15) is 10.1 Å². The van der Waals surface area contributed by atoms with Crippen molar-refractivity contribution >= 4 is 11.4 Å². The summed E-state index contributed by atoms with van der Waals surface area (Å²) in [6.45, 7) is 8.01. The van der Waals surface area contributed by atoms with E-state index >= 15 is 0 Å². The maximum Gasteiger partial charge on any atom is 0.292 e. The van der Waals surface area contributed by atoms with Crippen LogP contribution in [0.4, 0.5) is 11.4 Å². The van der Waals surface area contributed by atoms with Gasteiger partial charge in [0.05, 0.1) is 4.92 Å². The SMILES string of the molecule is Cc1ccc([N+](=O)[O-])c(NCCCN2CCNCC2)c1. The van der Waals surface area contributed by atoms with Crippen LogP contribution in [0.25, 0.3) is 0 Å². The molecule has 1 saturated heterocycles. The van der Waals surface area contributed by atoms with Crippen LogP contribution in [0, 0.1) is 17.0 Å². The van der Waals surface area contributed by atoms with Crippen molar-refractivity contribution in [3.05, 3.63) is 33.9 Å². The molecule has 1 aliphatic rings. The predicted octanol–water partition coefficient (Wildman–Crippen LogP) is 1.61. The first-order valence-corrected chi connectivity index (χ1v) is 7.09. The molecule has 0 aromatic heterocycles. The number of hydrogen-bond donors (Lipinski definition) is 2. The highest BCUT2D eigenvalue weighted by molar-refractivity contribution is 5.62. The molecule has 0 unspecified atom stereocenters. The minimum absolute atomic E-state index is 0.151. The standard InChI is InChI=1S/C14H22N4O2/c1-12-3-4-14(18(19)20)13(11-12)16-5-2-8-17-9-6-15-7-10-17/h3-4,11,15-16H,2,5-10H2,1H3. The van der Waals surface area contributed by atoms with Crippen LogP contribution in [0.1, 0.15) is 12.0 Å². The van der Waals surface area contributed by atoms with Crippen LogP contribution in [-0.4, -0.2) is 49.1 Å². The van der Waals surface area contributed by atoms with Gasteiger partial charge in [-0.3, -0.25) is 10.1 Å². The first-order valence-electron chi connectivity index (χ1n) is 7.09. The number of hydrogen-bond acceptors (Lipinski definition) is 5. The predicted molar refractivity (Wildman–Crippen MR) is 80.2 cm³/mol. The van der Waals surface area contributed by atoms with Gasteiger partial charge in [0.25, 0.3) is 5.69 Å². The summed E-state index contributed by atoms with van der Waals surface area (Å²) in [4.78, 5) is 13.0. The third-order valence-electron chi connectivity index (χ3n) is 3.52. The molecule has 0 amide bonds. The van der Waals surface area contributed by atoms with Gasteiger partial charge in [-0.25, -0.2) is 0 Å². The van der Waals surface area contributed by atoms with Gasteiger partial charge in [0.1, 0.15) is 5.69 Å². The van der Waals surface area contributed by atoms with E-state index in [2.05, 4.69) is 15.5 Å². The molecule has 6 nitrogen and oxygen atoms in total. The first kappa shape index (κ1) is 14.7. The molecule has 110 valence electrons. The van der Waals surface area contributed by atoms with Gasteiger partial charge in [0.2, 0.25) is 0 Å². The summed E-state index contributed by atoms with van der Waals surface area (Å²) in [5.74, 6) is 0. The third-order valence-corrected chi connectivity index (χ3v) is 3.52. The summed E-state index contributed by atoms with van der Waals surface area (Å²) in [5, 5.41) is 17.5. The monoisotopic (exact) mass is 278 g/mol. The molecule has 2 N–H and O–H groups in total. The van der Waals surface area contributed by atoms with Crippen LogP contribution in [0.5, 0.6) is 0 Å². The average molecular weight is 278 g/mol. The maximum absolute atomic E-state index is 11.0. The fourth-order valence-electron chi connectivity index (χ4n) is 2.41. The molecule has 0 aliphatic carbocycles. The molecule has 1 fully saturated rings. The number of nitro groups is 1. The molecule has 1 heterocycles. The van der Waals surface area contributed by atoms with Crippen LogP contribution in [0.3, 0.4) is 0 Å². The zero-order chi connectivity index (χ0) is 14.4. The summed E-state index contributed by atoms with van der Waals surface area (Å²) in [6.07, 6.45) is 0.991. The molecular weight excluding hydrogens is 256 g/mol. The van der Waals surface area contributed by atoms with Crippen molar-refractivity contribution in [1.82, 2.24) is 10.2 Å². The van der Waals surface area contributed by atoms with E-state index in [0.29, 0.717) is 5.69 Å². The van der Waals surface area contributed by atoms with E-state index in [-0.39, 0.29) is 10.6 Å². The Bertz CT molecular complexity index is 458. The van der Waals surface area contributed by atoms with Gasteiger partial charge >= 0.3 is 0 Å². The molecule has 0 atom stereocenters. The largest absolute Gasteiger partial charge is 0.379 e. The number of anilines is 1. The Morgan fingerprint density at radius 3 is 2.85 bits per heavy atom. The van der Waals surface area contributed by atoms with E-state index in [0.717, 1.165) is 51.3 Å². The summed E-state index contributed by atoms with van der Waals surface area (Å²) in [5.41, 5.74) is 1.80. The van der Waals surface area contributed by atoms with Crippen molar-refractivity contribution in [2.24, 2.45) is 0 Å². The van der Waals surface area contributed by atoms with Crippen LogP contribution in [0.15, 0.2) is 18.2 Å².